The molecule has 2 aromatic heterocycles. The van der Waals surface area contributed by atoms with E-state index in [0.717, 1.165) is 11.3 Å². The molecule has 0 unspecified atom stereocenters. The smallest absolute Gasteiger partial charge is 0.272 e. The highest BCUT2D eigenvalue weighted by molar-refractivity contribution is 5.92. The number of rotatable bonds is 4. The first kappa shape index (κ1) is 15.4. The Labute approximate surface area is 145 Å². The molecule has 0 atom stereocenters. The number of carbonyl (C=O) groups is 1. The van der Waals surface area contributed by atoms with Crippen molar-refractivity contribution in [3.63, 3.8) is 0 Å². The molecule has 25 heavy (non-hydrogen) atoms. The lowest BCUT2D eigenvalue weighted by atomic mass is 10.2. The molecular formula is C19H18N4O2. The zero-order valence-electron chi connectivity index (χ0n) is 13.7. The molecule has 126 valence electrons. The van der Waals surface area contributed by atoms with Gasteiger partial charge in [0.05, 0.1) is 18.8 Å². The van der Waals surface area contributed by atoms with Crippen LogP contribution in [0.3, 0.4) is 0 Å². The van der Waals surface area contributed by atoms with Gasteiger partial charge < -0.3 is 9.64 Å². The maximum absolute atomic E-state index is 12.5. The molecule has 0 aliphatic carbocycles. The third kappa shape index (κ3) is 3.38. The van der Waals surface area contributed by atoms with Crippen LogP contribution in [-0.2, 0) is 19.7 Å². The van der Waals surface area contributed by atoms with Gasteiger partial charge >= 0.3 is 0 Å². The van der Waals surface area contributed by atoms with Gasteiger partial charge in [-0.3, -0.25) is 14.5 Å². The van der Waals surface area contributed by atoms with Crippen molar-refractivity contribution in [2.45, 2.75) is 19.7 Å². The van der Waals surface area contributed by atoms with Gasteiger partial charge in [-0.1, -0.05) is 36.4 Å². The van der Waals surface area contributed by atoms with Crippen LogP contribution in [0.4, 0.5) is 0 Å². The quantitative estimate of drug-likeness (QED) is 0.735. The fraction of sp³-hybridized carbons (Fsp3) is 0.211. The molecule has 6 nitrogen and oxygen atoms in total. The highest BCUT2D eigenvalue weighted by Crippen LogP contribution is 2.20. The Morgan fingerprint density at radius 3 is 2.72 bits per heavy atom. The molecule has 0 N–H and O–H groups in total. The minimum absolute atomic E-state index is 0.0557. The van der Waals surface area contributed by atoms with Crippen molar-refractivity contribution in [2.24, 2.45) is 0 Å². The number of nitrogens with zero attached hydrogens (tertiary/aromatic N) is 4. The van der Waals surface area contributed by atoms with Gasteiger partial charge in [-0.2, -0.15) is 0 Å². The summed E-state index contributed by atoms with van der Waals surface area (Å²) in [5.74, 6) is 0.533. The summed E-state index contributed by atoms with van der Waals surface area (Å²) in [7, 11) is 0. The third-order valence-electron chi connectivity index (χ3n) is 4.18. The summed E-state index contributed by atoms with van der Waals surface area (Å²) in [5, 5.41) is 4.47. The fourth-order valence-corrected chi connectivity index (χ4v) is 2.87. The van der Waals surface area contributed by atoms with E-state index in [4.69, 9.17) is 4.74 Å². The first-order valence-electron chi connectivity index (χ1n) is 8.23. The van der Waals surface area contributed by atoms with Crippen molar-refractivity contribution >= 4 is 5.91 Å². The van der Waals surface area contributed by atoms with Crippen molar-refractivity contribution in [1.82, 2.24) is 19.7 Å². The molecule has 0 saturated carbocycles. The second-order valence-corrected chi connectivity index (χ2v) is 5.91. The van der Waals surface area contributed by atoms with Crippen LogP contribution < -0.4 is 4.74 Å². The number of carbonyl (C=O) groups excluding carboxylic acids is 1. The van der Waals surface area contributed by atoms with Crippen LogP contribution in [0.2, 0.25) is 0 Å². The van der Waals surface area contributed by atoms with Crippen LogP contribution in [0.25, 0.3) is 0 Å². The van der Waals surface area contributed by atoms with E-state index in [2.05, 4.69) is 10.1 Å². The molecule has 0 radical (unpaired) electrons. The van der Waals surface area contributed by atoms with Gasteiger partial charge in [0.2, 0.25) is 5.88 Å². The predicted molar refractivity (Wildman–Crippen MR) is 92.0 cm³/mol. The number of hydrogen-bond donors (Lipinski definition) is 0. The van der Waals surface area contributed by atoms with Crippen molar-refractivity contribution in [3.8, 4) is 5.88 Å². The Balaban J connectivity index is 1.43. The van der Waals surface area contributed by atoms with Crippen LogP contribution in [0.1, 0.15) is 21.7 Å². The fourth-order valence-electron chi connectivity index (χ4n) is 2.87. The van der Waals surface area contributed by atoms with E-state index >= 15 is 0 Å². The number of aromatic nitrogens is 3. The molecule has 0 saturated heterocycles. The molecule has 3 aromatic rings. The lowest BCUT2D eigenvalue weighted by Gasteiger charge is -2.27. The predicted octanol–water partition coefficient (Wildman–Crippen LogP) is 2.51. The SMILES string of the molecule is O=C(c1ccccn1)N1CCn2nc(OCc3ccccc3)cc2C1. The Bertz CT molecular complexity index is 862. The average Bonchev–Trinajstić information content (AvgIpc) is 3.09. The van der Waals surface area contributed by atoms with E-state index in [1.165, 1.54) is 0 Å². The molecule has 0 spiro atoms. The van der Waals surface area contributed by atoms with Gasteiger partial charge in [0, 0.05) is 18.8 Å². The lowest BCUT2D eigenvalue weighted by molar-refractivity contribution is 0.0700. The number of hydrogen-bond acceptors (Lipinski definition) is 4. The van der Waals surface area contributed by atoms with Crippen LogP contribution in [-0.4, -0.2) is 32.1 Å². The van der Waals surface area contributed by atoms with Crippen LogP contribution in [0.5, 0.6) is 5.88 Å². The van der Waals surface area contributed by atoms with Gasteiger partial charge in [-0.25, -0.2) is 0 Å². The zero-order valence-corrected chi connectivity index (χ0v) is 13.7. The summed E-state index contributed by atoms with van der Waals surface area (Å²) >= 11 is 0. The van der Waals surface area contributed by atoms with E-state index in [1.807, 2.05) is 47.1 Å². The standard InChI is InChI=1S/C19H18N4O2/c24-19(17-8-4-5-9-20-17)22-10-11-23-16(13-22)12-18(21-23)25-14-15-6-2-1-3-7-15/h1-9,12H,10-11,13-14H2. The second-order valence-electron chi connectivity index (χ2n) is 5.91. The summed E-state index contributed by atoms with van der Waals surface area (Å²) in [6, 6.07) is 17.3. The molecular weight excluding hydrogens is 316 g/mol. The average molecular weight is 334 g/mol. The number of ether oxygens (including phenoxy) is 1. The first-order chi connectivity index (χ1) is 12.3. The number of fused-ring (bicyclic) bond motifs is 1. The van der Waals surface area contributed by atoms with Gasteiger partial charge in [0.1, 0.15) is 12.3 Å². The lowest BCUT2D eigenvalue weighted by Crippen LogP contribution is -2.38. The minimum atomic E-state index is -0.0557. The Morgan fingerprint density at radius 2 is 1.92 bits per heavy atom. The topological polar surface area (TPSA) is 60.2 Å². The summed E-state index contributed by atoms with van der Waals surface area (Å²) in [6.07, 6.45) is 1.64. The molecule has 1 amide bonds. The number of benzene rings is 1. The summed E-state index contributed by atoms with van der Waals surface area (Å²) in [5.41, 5.74) is 2.54. The van der Waals surface area contributed by atoms with Crippen molar-refractivity contribution < 1.29 is 9.53 Å². The van der Waals surface area contributed by atoms with Gasteiger partial charge in [0.25, 0.3) is 5.91 Å². The maximum Gasteiger partial charge on any atom is 0.272 e. The Hall–Kier alpha value is -3.15. The summed E-state index contributed by atoms with van der Waals surface area (Å²) in [4.78, 5) is 18.5. The third-order valence-corrected chi connectivity index (χ3v) is 4.18. The van der Waals surface area contributed by atoms with Crippen molar-refractivity contribution in [3.05, 3.63) is 77.7 Å². The zero-order chi connectivity index (χ0) is 17.1. The van der Waals surface area contributed by atoms with E-state index in [-0.39, 0.29) is 5.91 Å². The van der Waals surface area contributed by atoms with Gasteiger partial charge in [-0.05, 0) is 17.7 Å². The summed E-state index contributed by atoms with van der Waals surface area (Å²) < 4.78 is 7.68. The normalized spacial score (nSPS) is 13.4. The molecule has 6 heteroatoms. The van der Waals surface area contributed by atoms with Crippen molar-refractivity contribution in [2.75, 3.05) is 6.54 Å². The van der Waals surface area contributed by atoms with Crippen LogP contribution in [0, 0.1) is 0 Å². The van der Waals surface area contributed by atoms with Crippen molar-refractivity contribution in [1.29, 1.82) is 0 Å². The molecule has 4 rings (SSSR count). The summed E-state index contributed by atoms with van der Waals surface area (Å²) in [6.45, 7) is 2.26. The maximum atomic E-state index is 12.5. The molecule has 1 aliphatic heterocycles. The number of amides is 1. The molecule has 3 heterocycles. The van der Waals surface area contributed by atoms with Gasteiger partial charge in [0.15, 0.2) is 0 Å². The minimum Gasteiger partial charge on any atom is -0.472 e. The van der Waals surface area contributed by atoms with Gasteiger partial charge in [-0.15, -0.1) is 5.10 Å². The Morgan fingerprint density at radius 1 is 1.08 bits per heavy atom. The largest absolute Gasteiger partial charge is 0.472 e. The molecule has 1 aliphatic rings. The van der Waals surface area contributed by atoms with E-state index < -0.39 is 0 Å². The highest BCUT2D eigenvalue weighted by atomic mass is 16.5. The van der Waals surface area contributed by atoms with E-state index in [9.17, 15) is 4.79 Å². The molecule has 0 fully saturated rings. The first-order valence-corrected chi connectivity index (χ1v) is 8.23. The Kier molecular flexibility index (Phi) is 4.16. The second kappa shape index (κ2) is 6.76. The van der Waals surface area contributed by atoms with E-state index in [1.54, 1.807) is 23.2 Å². The molecule has 1 aromatic carbocycles. The van der Waals surface area contributed by atoms with Crippen LogP contribution in [0.15, 0.2) is 60.8 Å². The monoisotopic (exact) mass is 334 g/mol. The van der Waals surface area contributed by atoms with Crippen LogP contribution >= 0.6 is 0 Å². The molecule has 0 bridgehead atoms. The number of pyridine rings is 1. The van der Waals surface area contributed by atoms with E-state index in [0.29, 0.717) is 37.8 Å². The highest BCUT2D eigenvalue weighted by Gasteiger charge is 2.24.